The highest BCUT2D eigenvalue weighted by Crippen LogP contribution is 2.17. The minimum atomic E-state index is -0.576. The number of halogens is 1. The zero-order valence-electron chi connectivity index (χ0n) is 13.6. The van der Waals surface area contributed by atoms with Crippen molar-refractivity contribution in [2.45, 2.75) is 0 Å². The Morgan fingerprint density at radius 2 is 1.76 bits per heavy atom. The predicted molar refractivity (Wildman–Crippen MR) is 93.9 cm³/mol. The molecule has 0 radical (unpaired) electrons. The van der Waals surface area contributed by atoms with Crippen LogP contribution >= 0.6 is 15.9 Å². The molecular weight excluding hydrogens is 392 g/mol. The van der Waals surface area contributed by atoms with Crippen LogP contribution in [0.25, 0.3) is 0 Å². The standard InChI is InChI=1S/C18H17BrO6/c1-22-9-10-23-18(21)13-3-2-4-16(11-13)25-17(20)12-24-15-7-5-14(19)6-8-15/h2-8,11H,9-10,12H2,1H3. The van der Waals surface area contributed by atoms with Crippen molar-refractivity contribution < 1.29 is 28.5 Å². The fourth-order valence-electron chi connectivity index (χ4n) is 1.82. The van der Waals surface area contributed by atoms with Gasteiger partial charge in [0.15, 0.2) is 6.61 Å². The van der Waals surface area contributed by atoms with E-state index < -0.39 is 11.9 Å². The summed E-state index contributed by atoms with van der Waals surface area (Å²) in [5.74, 6) is -0.296. The monoisotopic (exact) mass is 408 g/mol. The summed E-state index contributed by atoms with van der Waals surface area (Å²) in [6.07, 6.45) is 0. The molecule has 0 saturated heterocycles. The second kappa shape index (κ2) is 9.80. The van der Waals surface area contributed by atoms with E-state index in [1.165, 1.54) is 13.2 Å². The van der Waals surface area contributed by atoms with Gasteiger partial charge in [0.2, 0.25) is 0 Å². The van der Waals surface area contributed by atoms with Gasteiger partial charge in [0.25, 0.3) is 0 Å². The van der Waals surface area contributed by atoms with E-state index >= 15 is 0 Å². The van der Waals surface area contributed by atoms with Gasteiger partial charge in [0.05, 0.1) is 12.2 Å². The van der Waals surface area contributed by atoms with E-state index in [0.717, 1.165) is 4.47 Å². The maximum absolute atomic E-state index is 11.9. The first kappa shape index (κ1) is 19.0. The van der Waals surface area contributed by atoms with Crippen LogP contribution < -0.4 is 9.47 Å². The Kier molecular flexibility index (Phi) is 7.43. The first-order valence-corrected chi connectivity index (χ1v) is 8.23. The van der Waals surface area contributed by atoms with Crippen molar-refractivity contribution in [3.63, 3.8) is 0 Å². The van der Waals surface area contributed by atoms with Gasteiger partial charge in [-0.3, -0.25) is 0 Å². The number of esters is 2. The maximum atomic E-state index is 11.9. The fraction of sp³-hybridized carbons (Fsp3) is 0.222. The van der Waals surface area contributed by atoms with Crippen LogP contribution in [0.3, 0.4) is 0 Å². The van der Waals surface area contributed by atoms with Crippen molar-refractivity contribution in [3.05, 3.63) is 58.6 Å². The highest BCUT2D eigenvalue weighted by molar-refractivity contribution is 9.10. The van der Waals surface area contributed by atoms with E-state index in [-0.39, 0.29) is 24.5 Å². The van der Waals surface area contributed by atoms with Crippen molar-refractivity contribution in [2.75, 3.05) is 26.9 Å². The molecule has 0 aliphatic rings. The third-order valence-corrected chi connectivity index (χ3v) is 3.52. The summed E-state index contributed by atoms with van der Waals surface area (Å²) in [7, 11) is 1.52. The molecule has 0 bridgehead atoms. The summed E-state index contributed by atoms with van der Waals surface area (Å²) in [6.45, 7) is 0.221. The van der Waals surface area contributed by atoms with Crippen molar-refractivity contribution in [3.8, 4) is 11.5 Å². The van der Waals surface area contributed by atoms with E-state index in [1.54, 1.807) is 42.5 Å². The van der Waals surface area contributed by atoms with Crippen LogP contribution in [0.15, 0.2) is 53.0 Å². The molecule has 0 saturated carbocycles. The molecule has 25 heavy (non-hydrogen) atoms. The highest BCUT2D eigenvalue weighted by atomic mass is 79.9. The molecule has 132 valence electrons. The topological polar surface area (TPSA) is 71.1 Å². The minimum absolute atomic E-state index is 0.153. The Labute approximate surface area is 153 Å². The number of methoxy groups -OCH3 is 1. The van der Waals surface area contributed by atoms with Crippen LogP contribution in [0, 0.1) is 0 Å². The lowest BCUT2D eigenvalue weighted by atomic mass is 10.2. The van der Waals surface area contributed by atoms with Crippen LogP contribution in [-0.2, 0) is 14.3 Å². The molecule has 0 spiro atoms. The van der Waals surface area contributed by atoms with Crippen molar-refractivity contribution in [1.29, 1.82) is 0 Å². The number of hydrogen-bond donors (Lipinski definition) is 0. The molecule has 7 heteroatoms. The molecule has 0 aliphatic heterocycles. The Hall–Kier alpha value is -2.38. The summed E-state index contributed by atoms with van der Waals surface area (Å²) < 4.78 is 21.2. The minimum Gasteiger partial charge on any atom is -0.482 e. The van der Waals surface area contributed by atoms with Gasteiger partial charge < -0.3 is 18.9 Å². The van der Waals surface area contributed by atoms with Gasteiger partial charge in [0.1, 0.15) is 18.1 Å². The second-order valence-electron chi connectivity index (χ2n) is 4.87. The lowest BCUT2D eigenvalue weighted by molar-refractivity contribution is -0.136. The number of ether oxygens (including phenoxy) is 4. The molecule has 2 aromatic carbocycles. The lowest BCUT2D eigenvalue weighted by Crippen LogP contribution is -2.18. The molecule has 0 amide bonds. The van der Waals surface area contributed by atoms with Crippen LogP contribution in [0.5, 0.6) is 11.5 Å². The van der Waals surface area contributed by atoms with E-state index in [4.69, 9.17) is 18.9 Å². The Bertz CT molecular complexity index is 714. The fourth-order valence-corrected chi connectivity index (χ4v) is 2.09. The lowest BCUT2D eigenvalue weighted by Gasteiger charge is -2.08. The summed E-state index contributed by atoms with van der Waals surface area (Å²) in [5.41, 5.74) is 0.287. The van der Waals surface area contributed by atoms with E-state index in [0.29, 0.717) is 12.4 Å². The van der Waals surface area contributed by atoms with Crippen LogP contribution in [0.2, 0.25) is 0 Å². The van der Waals surface area contributed by atoms with Gasteiger partial charge in [-0.25, -0.2) is 9.59 Å². The Morgan fingerprint density at radius 3 is 2.48 bits per heavy atom. The molecule has 0 fully saturated rings. The summed E-state index contributed by atoms with van der Waals surface area (Å²) in [5, 5.41) is 0. The first-order chi connectivity index (χ1) is 12.1. The zero-order valence-corrected chi connectivity index (χ0v) is 15.2. The number of carbonyl (C=O) groups excluding carboxylic acids is 2. The Morgan fingerprint density at radius 1 is 1.00 bits per heavy atom. The number of rotatable bonds is 8. The van der Waals surface area contributed by atoms with Gasteiger partial charge in [0, 0.05) is 11.6 Å². The van der Waals surface area contributed by atoms with Crippen molar-refractivity contribution in [2.24, 2.45) is 0 Å². The van der Waals surface area contributed by atoms with Gasteiger partial charge in [-0.2, -0.15) is 0 Å². The molecule has 0 heterocycles. The van der Waals surface area contributed by atoms with Gasteiger partial charge in [-0.15, -0.1) is 0 Å². The average Bonchev–Trinajstić information content (AvgIpc) is 2.61. The quantitative estimate of drug-likeness (QED) is 0.379. The second-order valence-corrected chi connectivity index (χ2v) is 5.79. The molecule has 0 aromatic heterocycles. The molecule has 6 nitrogen and oxygen atoms in total. The molecule has 2 aromatic rings. The van der Waals surface area contributed by atoms with E-state index in [2.05, 4.69) is 15.9 Å². The molecule has 0 aliphatic carbocycles. The number of benzene rings is 2. The predicted octanol–water partition coefficient (Wildman–Crippen LogP) is 3.24. The number of hydrogen-bond acceptors (Lipinski definition) is 6. The average molecular weight is 409 g/mol. The van der Waals surface area contributed by atoms with Crippen molar-refractivity contribution in [1.82, 2.24) is 0 Å². The number of carbonyl (C=O) groups is 2. The summed E-state index contributed by atoms with van der Waals surface area (Å²) >= 11 is 3.32. The van der Waals surface area contributed by atoms with Gasteiger partial charge in [-0.05, 0) is 42.5 Å². The van der Waals surface area contributed by atoms with Gasteiger partial charge >= 0.3 is 11.9 Å². The Balaban J connectivity index is 1.86. The van der Waals surface area contributed by atoms with Crippen LogP contribution in [0.1, 0.15) is 10.4 Å². The third-order valence-electron chi connectivity index (χ3n) is 2.99. The first-order valence-electron chi connectivity index (χ1n) is 7.43. The SMILES string of the molecule is COCCOC(=O)c1cccc(OC(=O)COc2ccc(Br)cc2)c1. The molecule has 0 unspecified atom stereocenters. The molecular formula is C18H17BrO6. The molecule has 0 N–H and O–H groups in total. The van der Waals surface area contributed by atoms with Gasteiger partial charge in [-0.1, -0.05) is 22.0 Å². The molecule has 2 rings (SSSR count). The molecule has 0 atom stereocenters. The van der Waals surface area contributed by atoms with E-state index in [1.807, 2.05) is 0 Å². The maximum Gasteiger partial charge on any atom is 0.349 e. The normalized spacial score (nSPS) is 10.2. The largest absolute Gasteiger partial charge is 0.482 e. The third kappa shape index (κ3) is 6.56. The van der Waals surface area contributed by atoms with E-state index in [9.17, 15) is 9.59 Å². The zero-order chi connectivity index (χ0) is 18.1. The summed E-state index contributed by atoms with van der Waals surface area (Å²) in [6, 6.07) is 13.3. The smallest absolute Gasteiger partial charge is 0.349 e. The van der Waals surface area contributed by atoms with Crippen molar-refractivity contribution >= 4 is 27.9 Å². The summed E-state index contributed by atoms with van der Waals surface area (Å²) in [4.78, 5) is 23.7. The van der Waals surface area contributed by atoms with Crippen LogP contribution in [0.4, 0.5) is 0 Å². The van der Waals surface area contributed by atoms with Crippen LogP contribution in [-0.4, -0.2) is 38.9 Å². The highest BCUT2D eigenvalue weighted by Gasteiger charge is 2.11.